The standard InChI is InChI=1S/C26H27F6N3O3/c1-14-10-19(36)4-5-20(14)23-21-6-7-22(37)34(21)8-9-35(23)24(38)33(3)15(2)16-11-17(25(27,28)29)13-18(12-16)26(30,31)32/h4-5,10-13,15,21,23,36H,6-9H2,1-3H3. The van der Waals surface area contributed by atoms with Gasteiger partial charge >= 0.3 is 18.4 Å². The van der Waals surface area contributed by atoms with Gasteiger partial charge in [-0.15, -0.1) is 0 Å². The number of phenols is 1. The molecule has 2 saturated heterocycles. The number of alkyl halides is 6. The molecular weight excluding hydrogens is 516 g/mol. The summed E-state index contributed by atoms with van der Waals surface area (Å²) in [6, 6.07) is 3.28. The van der Waals surface area contributed by atoms with Gasteiger partial charge in [0.25, 0.3) is 0 Å². The molecule has 2 fully saturated rings. The van der Waals surface area contributed by atoms with Crippen molar-refractivity contribution in [3.63, 3.8) is 0 Å². The predicted octanol–water partition coefficient (Wildman–Crippen LogP) is 5.90. The van der Waals surface area contributed by atoms with Crippen LogP contribution in [0.1, 0.15) is 59.7 Å². The Kier molecular flexibility index (Phi) is 7.04. The molecule has 0 spiro atoms. The minimum Gasteiger partial charge on any atom is -0.508 e. The number of hydrogen-bond donors (Lipinski definition) is 1. The maximum absolute atomic E-state index is 13.8. The zero-order valence-electron chi connectivity index (χ0n) is 20.9. The first-order valence-corrected chi connectivity index (χ1v) is 12.0. The molecule has 0 bridgehead atoms. The first-order chi connectivity index (χ1) is 17.6. The third kappa shape index (κ3) is 5.12. The largest absolute Gasteiger partial charge is 0.508 e. The highest BCUT2D eigenvalue weighted by atomic mass is 19.4. The lowest BCUT2D eigenvalue weighted by Crippen LogP contribution is -2.57. The number of benzene rings is 2. The molecule has 2 aromatic carbocycles. The van der Waals surface area contributed by atoms with Crippen molar-refractivity contribution < 1.29 is 41.0 Å². The minimum atomic E-state index is -5.01. The lowest BCUT2D eigenvalue weighted by atomic mass is 9.90. The van der Waals surface area contributed by atoms with Crippen LogP contribution in [-0.2, 0) is 17.1 Å². The monoisotopic (exact) mass is 543 g/mol. The maximum atomic E-state index is 13.8. The van der Waals surface area contributed by atoms with Gasteiger partial charge < -0.3 is 19.8 Å². The van der Waals surface area contributed by atoms with E-state index in [4.69, 9.17) is 0 Å². The summed E-state index contributed by atoms with van der Waals surface area (Å²) in [5.74, 6) is -0.0241. The molecule has 6 nitrogen and oxygen atoms in total. The Labute approximate surface area is 215 Å². The molecule has 2 heterocycles. The number of nitrogens with zero attached hydrogens (tertiary/aromatic N) is 3. The second-order valence-corrected chi connectivity index (χ2v) is 9.78. The van der Waals surface area contributed by atoms with Crippen molar-refractivity contribution in [2.75, 3.05) is 20.1 Å². The van der Waals surface area contributed by atoms with Gasteiger partial charge in [-0.05, 0) is 67.3 Å². The molecule has 206 valence electrons. The normalized spacial score (nSPS) is 20.9. The highest BCUT2D eigenvalue weighted by Gasteiger charge is 2.46. The third-order valence-electron chi connectivity index (χ3n) is 7.45. The van der Waals surface area contributed by atoms with Crippen LogP contribution < -0.4 is 0 Å². The van der Waals surface area contributed by atoms with Crippen LogP contribution in [-0.4, -0.2) is 57.9 Å². The molecule has 4 rings (SSSR count). The zero-order valence-corrected chi connectivity index (χ0v) is 20.9. The number of aromatic hydroxyl groups is 1. The van der Waals surface area contributed by atoms with Crippen LogP contribution >= 0.6 is 0 Å². The van der Waals surface area contributed by atoms with Gasteiger partial charge in [0.2, 0.25) is 5.91 Å². The summed E-state index contributed by atoms with van der Waals surface area (Å²) in [5.41, 5.74) is -1.84. The van der Waals surface area contributed by atoms with Crippen LogP contribution in [0.25, 0.3) is 0 Å². The van der Waals surface area contributed by atoms with Gasteiger partial charge in [-0.1, -0.05) is 6.07 Å². The molecule has 12 heteroatoms. The Bertz CT molecular complexity index is 1210. The Morgan fingerprint density at radius 1 is 1.03 bits per heavy atom. The van der Waals surface area contributed by atoms with E-state index >= 15 is 0 Å². The van der Waals surface area contributed by atoms with Crippen LogP contribution in [0.3, 0.4) is 0 Å². The third-order valence-corrected chi connectivity index (χ3v) is 7.45. The molecule has 2 aromatic rings. The molecule has 3 unspecified atom stereocenters. The average Bonchev–Trinajstić information content (AvgIpc) is 3.21. The number of rotatable bonds is 3. The van der Waals surface area contributed by atoms with E-state index in [2.05, 4.69) is 0 Å². The molecule has 0 aliphatic carbocycles. The number of carbonyl (C=O) groups is 2. The molecule has 3 atom stereocenters. The summed E-state index contributed by atoms with van der Waals surface area (Å²) >= 11 is 0. The van der Waals surface area contributed by atoms with E-state index < -0.39 is 41.6 Å². The Hall–Kier alpha value is -3.44. The number of amides is 3. The molecule has 0 radical (unpaired) electrons. The number of phenolic OH excluding ortho intramolecular Hbond substituents is 1. The quantitative estimate of drug-likeness (QED) is 0.491. The molecule has 1 N–H and O–H groups in total. The average molecular weight is 544 g/mol. The van der Waals surface area contributed by atoms with E-state index in [-0.39, 0.29) is 42.4 Å². The number of fused-ring (bicyclic) bond motifs is 1. The van der Waals surface area contributed by atoms with Crippen LogP contribution in [0, 0.1) is 6.92 Å². The van der Waals surface area contributed by atoms with Crippen LogP contribution in [0.5, 0.6) is 5.75 Å². The van der Waals surface area contributed by atoms with Gasteiger partial charge in [-0.3, -0.25) is 4.79 Å². The highest BCUT2D eigenvalue weighted by molar-refractivity contribution is 5.81. The van der Waals surface area contributed by atoms with E-state index in [0.29, 0.717) is 36.1 Å². The molecule has 0 saturated carbocycles. The second-order valence-electron chi connectivity index (χ2n) is 9.78. The second kappa shape index (κ2) is 9.70. The highest BCUT2D eigenvalue weighted by Crippen LogP contribution is 2.42. The fourth-order valence-corrected chi connectivity index (χ4v) is 5.33. The van der Waals surface area contributed by atoms with E-state index in [9.17, 15) is 41.0 Å². The predicted molar refractivity (Wildman–Crippen MR) is 125 cm³/mol. The van der Waals surface area contributed by atoms with Crippen molar-refractivity contribution in [2.45, 2.75) is 57.2 Å². The Morgan fingerprint density at radius 2 is 1.63 bits per heavy atom. The van der Waals surface area contributed by atoms with Gasteiger partial charge in [0.05, 0.1) is 29.3 Å². The topological polar surface area (TPSA) is 64.1 Å². The van der Waals surface area contributed by atoms with Gasteiger partial charge in [-0.2, -0.15) is 26.3 Å². The fourth-order valence-electron chi connectivity index (χ4n) is 5.33. The van der Waals surface area contributed by atoms with Crippen molar-refractivity contribution in [1.29, 1.82) is 0 Å². The maximum Gasteiger partial charge on any atom is 0.416 e. The van der Waals surface area contributed by atoms with Crippen molar-refractivity contribution >= 4 is 11.9 Å². The number of hydrogen-bond acceptors (Lipinski definition) is 3. The zero-order chi connectivity index (χ0) is 28.2. The van der Waals surface area contributed by atoms with E-state index in [1.165, 1.54) is 31.0 Å². The van der Waals surface area contributed by atoms with Crippen LogP contribution in [0.15, 0.2) is 36.4 Å². The van der Waals surface area contributed by atoms with Gasteiger partial charge in [0.1, 0.15) is 5.75 Å². The molecule has 0 aromatic heterocycles. The lowest BCUT2D eigenvalue weighted by molar-refractivity contribution is -0.143. The van der Waals surface area contributed by atoms with Gasteiger partial charge in [0, 0.05) is 26.6 Å². The molecule has 3 amide bonds. The molecule has 2 aliphatic rings. The first kappa shape index (κ1) is 27.6. The van der Waals surface area contributed by atoms with Crippen LogP contribution in [0.2, 0.25) is 0 Å². The van der Waals surface area contributed by atoms with E-state index in [1.807, 2.05) is 0 Å². The van der Waals surface area contributed by atoms with Gasteiger partial charge in [0.15, 0.2) is 0 Å². The summed E-state index contributed by atoms with van der Waals surface area (Å²) in [5, 5.41) is 9.87. The van der Waals surface area contributed by atoms with Crippen molar-refractivity contribution in [1.82, 2.24) is 14.7 Å². The van der Waals surface area contributed by atoms with Crippen molar-refractivity contribution in [2.24, 2.45) is 0 Å². The molecular formula is C26H27F6N3O3. The van der Waals surface area contributed by atoms with E-state index in [0.717, 1.165) is 4.90 Å². The number of piperazine rings is 1. The van der Waals surface area contributed by atoms with Gasteiger partial charge in [-0.25, -0.2) is 4.79 Å². The number of aryl methyl sites for hydroxylation is 1. The van der Waals surface area contributed by atoms with Crippen molar-refractivity contribution in [3.05, 3.63) is 64.2 Å². The van der Waals surface area contributed by atoms with E-state index in [1.54, 1.807) is 17.9 Å². The summed E-state index contributed by atoms with van der Waals surface area (Å²) in [7, 11) is 1.33. The fraction of sp³-hybridized carbons (Fsp3) is 0.462. The lowest BCUT2D eigenvalue weighted by Gasteiger charge is -2.47. The smallest absolute Gasteiger partial charge is 0.416 e. The summed E-state index contributed by atoms with van der Waals surface area (Å²) in [4.78, 5) is 30.5. The Morgan fingerprint density at radius 3 is 2.18 bits per heavy atom. The summed E-state index contributed by atoms with van der Waals surface area (Å²) in [6.45, 7) is 3.50. The summed E-state index contributed by atoms with van der Waals surface area (Å²) in [6.07, 6.45) is -9.23. The first-order valence-electron chi connectivity index (χ1n) is 12.0. The molecule has 38 heavy (non-hydrogen) atoms. The number of carbonyl (C=O) groups excluding carboxylic acids is 2. The minimum absolute atomic E-state index is 0.0232. The SMILES string of the molecule is Cc1cc(O)ccc1C1C2CCC(=O)N2CCN1C(=O)N(C)C(C)c1cc(C(F)(F)F)cc(C(F)(F)F)c1. The summed E-state index contributed by atoms with van der Waals surface area (Å²) < 4.78 is 80.4. The van der Waals surface area contributed by atoms with Crippen molar-refractivity contribution in [3.8, 4) is 5.75 Å². The number of halogens is 6. The molecule has 2 aliphatic heterocycles. The number of urea groups is 1. The van der Waals surface area contributed by atoms with Crippen LogP contribution in [0.4, 0.5) is 31.1 Å². The Balaban J connectivity index is 1.70.